The van der Waals surface area contributed by atoms with Crippen molar-refractivity contribution in [3.05, 3.63) is 28.2 Å². The molecule has 3 nitrogen and oxygen atoms in total. The Morgan fingerprint density at radius 3 is 2.82 bits per heavy atom. The molecule has 0 aromatic heterocycles. The highest BCUT2D eigenvalue weighted by molar-refractivity contribution is 9.10. The Labute approximate surface area is 117 Å². The van der Waals surface area contributed by atoms with Crippen molar-refractivity contribution in [2.24, 2.45) is 5.92 Å². The fourth-order valence-electron chi connectivity index (χ4n) is 1.93. The van der Waals surface area contributed by atoms with Crippen LogP contribution >= 0.6 is 31.9 Å². The van der Waals surface area contributed by atoms with Crippen LogP contribution in [0.5, 0.6) is 0 Å². The molecule has 1 saturated heterocycles. The molecule has 1 aliphatic heterocycles. The highest BCUT2D eigenvalue weighted by Gasteiger charge is 2.30. The summed E-state index contributed by atoms with van der Waals surface area (Å²) < 4.78 is 0.821. The first-order chi connectivity index (χ1) is 8.13. The molecule has 1 heterocycles. The van der Waals surface area contributed by atoms with Crippen LogP contribution in [0.15, 0.2) is 22.7 Å². The van der Waals surface area contributed by atoms with Gasteiger partial charge in [0, 0.05) is 28.5 Å². The molecule has 0 spiro atoms. The lowest BCUT2D eigenvalue weighted by atomic mass is 10.1. The van der Waals surface area contributed by atoms with Crippen LogP contribution in [0.25, 0.3) is 0 Å². The SMILES string of the molecule is N#Cc1cc(Br)cc(N2CC(CBr)CC2=O)c1. The maximum absolute atomic E-state index is 11.9. The van der Waals surface area contributed by atoms with Gasteiger partial charge in [0.25, 0.3) is 0 Å². The molecule has 5 heteroatoms. The summed E-state index contributed by atoms with van der Waals surface area (Å²) in [5, 5.41) is 9.74. The van der Waals surface area contributed by atoms with Crippen molar-refractivity contribution in [1.82, 2.24) is 0 Å². The number of rotatable bonds is 2. The minimum atomic E-state index is 0.122. The van der Waals surface area contributed by atoms with Crippen LogP contribution in [0.4, 0.5) is 5.69 Å². The summed E-state index contributed by atoms with van der Waals surface area (Å²) in [4.78, 5) is 13.6. The molecule has 1 aliphatic rings. The van der Waals surface area contributed by atoms with E-state index < -0.39 is 0 Å². The number of amides is 1. The van der Waals surface area contributed by atoms with Crippen molar-refractivity contribution in [3.8, 4) is 6.07 Å². The van der Waals surface area contributed by atoms with Gasteiger partial charge in [-0.15, -0.1) is 0 Å². The summed E-state index contributed by atoms with van der Waals surface area (Å²) in [6.45, 7) is 0.714. The third-order valence-corrected chi connectivity index (χ3v) is 4.12. The van der Waals surface area contributed by atoms with Crippen molar-refractivity contribution in [3.63, 3.8) is 0 Å². The Bertz CT molecular complexity index is 496. The van der Waals surface area contributed by atoms with Crippen LogP contribution in [0.1, 0.15) is 12.0 Å². The largest absolute Gasteiger partial charge is 0.312 e. The Morgan fingerprint density at radius 2 is 2.24 bits per heavy atom. The zero-order valence-corrected chi connectivity index (χ0v) is 12.2. The molecule has 2 rings (SSSR count). The number of carbonyl (C=O) groups excluding carboxylic acids is 1. The lowest BCUT2D eigenvalue weighted by Gasteiger charge is -2.17. The van der Waals surface area contributed by atoms with Gasteiger partial charge in [0.1, 0.15) is 0 Å². The number of carbonyl (C=O) groups is 1. The van der Waals surface area contributed by atoms with Crippen molar-refractivity contribution in [1.29, 1.82) is 5.26 Å². The molecule has 1 fully saturated rings. The van der Waals surface area contributed by atoms with Gasteiger partial charge in [0.15, 0.2) is 0 Å². The van der Waals surface area contributed by atoms with Gasteiger partial charge in [-0.25, -0.2) is 0 Å². The first-order valence-electron chi connectivity index (χ1n) is 5.21. The van der Waals surface area contributed by atoms with Gasteiger partial charge in [-0.3, -0.25) is 4.79 Å². The summed E-state index contributed by atoms with van der Waals surface area (Å²) >= 11 is 6.76. The van der Waals surface area contributed by atoms with Crippen molar-refractivity contribution >= 4 is 43.5 Å². The summed E-state index contributed by atoms with van der Waals surface area (Å²) in [5.41, 5.74) is 1.36. The molecular formula is C12H10Br2N2O. The molecule has 1 atom stereocenters. The number of halogens is 2. The second kappa shape index (κ2) is 5.19. The maximum Gasteiger partial charge on any atom is 0.227 e. The average molecular weight is 358 g/mol. The third-order valence-electron chi connectivity index (χ3n) is 2.75. The van der Waals surface area contributed by atoms with E-state index in [-0.39, 0.29) is 5.91 Å². The molecule has 0 radical (unpaired) electrons. The van der Waals surface area contributed by atoms with Gasteiger partial charge < -0.3 is 4.90 Å². The summed E-state index contributed by atoms with van der Waals surface area (Å²) in [6, 6.07) is 7.46. The minimum Gasteiger partial charge on any atom is -0.312 e. The van der Waals surface area contributed by atoms with Gasteiger partial charge in [-0.1, -0.05) is 31.9 Å². The second-order valence-electron chi connectivity index (χ2n) is 4.04. The second-order valence-corrected chi connectivity index (χ2v) is 5.60. The molecule has 1 aromatic rings. The molecule has 1 aromatic carbocycles. The molecule has 1 unspecified atom stereocenters. The van der Waals surface area contributed by atoms with E-state index in [9.17, 15) is 4.79 Å². The van der Waals surface area contributed by atoms with E-state index >= 15 is 0 Å². The van der Waals surface area contributed by atoms with Crippen LogP contribution < -0.4 is 4.90 Å². The highest BCUT2D eigenvalue weighted by atomic mass is 79.9. The molecule has 0 saturated carbocycles. The van der Waals surface area contributed by atoms with Gasteiger partial charge in [0.2, 0.25) is 5.91 Å². The van der Waals surface area contributed by atoms with Crippen LogP contribution in [-0.4, -0.2) is 17.8 Å². The average Bonchev–Trinajstić information content (AvgIpc) is 2.69. The molecule has 0 N–H and O–H groups in total. The first kappa shape index (κ1) is 12.6. The normalized spacial score (nSPS) is 19.5. The zero-order chi connectivity index (χ0) is 12.4. The minimum absolute atomic E-state index is 0.122. The fraction of sp³-hybridized carbons (Fsp3) is 0.333. The lowest BCUT2D eigenvalue weighted by molar-refractivity contribution is -0.117. The molecular weight excluding hydrogens is 348 g/mol. The van der Waals surface area contributed by atoms with E-state index in [0.717, 1.165) is 15.5 Å². The van der Waals surface area contributed by atoms with Crippen LogP contribution in [0.3, 0.4) is 0 Å². The standard InChI is InChI=1S/C12H10Br2N2O/c13-5-9-3-12(17)16(7-9)11-2-8(6-15)1-10(14)4-11/h1-2,4,9H,3,5,7H2. The number of nitriles is 1. The van der Waals surface area contributed by atoms with E-state index in [0.29, 0.717) is 24.4 Å². The smallest absolute Gasteiger partial charge is 0.227 e. The molecule has 0 aliphatic carbocycles. The number of alkyl halides is 1. The summed E-state index contributed by atoms with van der Waals surface area (Å²) in [7, 11) is 0. The van der Waals surface area contributed by atoms with E-state index in [4.69, 9.17) is 5.26 Å². The van der Waals surface area contributed by atoms with Crippen molar-refractivity contribution in [2.45, 2.75) is 6.42 Å². The Morgan fingerprint density at radius 1 is 1.47 bits per heavy atom. The predicted molar refractivity (Wildman–Crippen MR) is 73.1 cm³/mol. The quantitative estimate of drug-likeness (QED) is 0.763. The van der Waals surface area contributed by atoms with E-state index in [1.165, 1.54) is 0 Å². The predicted octanol–water partition coefficient (Wildman–Crippen LogP) is 3.07. The van der Waals surface area contributed by atoms with Crippen molar-refractivity contribution in [2.75, 3.05) is 16.8 Å². The monoisotopic (exact) mass is 356 g/mol. The number of benzene rings is 1. The lowest BCUT2D eigenvalue weighted by Crippen LogP contribution is -2.24. The Hall–Kier alpha value is -0.860. The molecule has 1 amide bonds. The summed E-state index contributed by atoms with van der Waals surface area (Å²) in [6.07, 6.45) is 0.569. The Kier molecular flexibility index (Phi) is 3.85. The molecule has 0 bridgehead atoms. The maximum atomic E-state index is 11.9. The first-order valence-corrected chi connectivity index (χ1v) is 7.12. The number of anilines is 1. The number of hydrogen-bond acceptors (Lipinski definition) is 2. The number of hydrogen-bond donors (Lipinski definition) is 0. The number of nitrogens with zero attached hydrogens (tertiary/aromatic N) is 2. The van der Waals surface area contributed by atoms with E-state index in [1.807, 2.05) is 6.07 Å². The van der Waals surface area contributed by atoms with Gasteiger partial charge in [0.05, 0.1) is 11.6 Å². The molecule has 17 heavy (non-hydrogen) atoms. The molecule has 88 valence electrons. The Balaban J connectivity index is 2.32. The van der Waals surface area contributed by atoms with Gasteiger partial charge in [-0.2, -0.15) is 5.26 Å². The van der Waals surface area contributed by atoms with Gasteiger partial charge in [-0.05, 0) is 24.1 Å². The van der Waals surface area contributed by atoms with Gasteiger partial charge >= 0.3 is 0 Å². The zero-order valence-electron chi connectivity index (χ0n) is 8.99. The van der Waals surface area contributed by atoms with E-state index in [1.54, 1.807) is 17.0 Å². The van der Waals surface area contributed by atoms with Crippen LogP contribution in [0.2, 0.25) is 0 Å². The van der Waals surface area contributed by atoms with Crippen LogP contribution in [-0.2, 0) is 4.79 Å². The van der Waals surface area contributed by atoms with Crippen LogP contribution in [0, 0.1) is 17.2 Å². The van der Waals surface area contributed by atoms with Crippen molar-refractivity contribution < 1.29 is 4.79 Å². The summed E-state index contributed by atoms with van der Waals surface area (Å²) in [5.74, 6) is 0.475. The topological polar surface area (TPSA) is 44.1 Å². The third kappa shape index (κ3) is 2.70. The fourth-order valence-corrected chi connectivity index (χ4v) is 2.84. The van der Waals surface area contributed by atoms with E-state index in [2.05, 4.69) is 37.9 Å². The highest BCUT2D eigenvalue weighted by Crippen LogP contribution is 2.29.